The predicted octanol–water partition coefficient (Wildman–Crippen LogP) is 7.45. The van der Waals surface area contributed by atoms with Gasteiger partial charge in [-0.1, -0.05) is 91.0 Å². The van der Waals surface area contributed by atoms with Gasteiger partial charge < -0.3 is 34.9 Å². The van der Waals surface area contributed by atoms with Crippen LogP contribution in [0.3, 0.4) is 0 Å². The molecule has 0 aromatic heterocycles. The largest absolute Gasteiger partial charge is 0.748 e. The van der Waals surface area contributed by atoms with Crippen LogP contribution in [0, 0.1) is 0 Å². The molecule has 0 saturated carbocycles. The fourth-order valence-electron chi connectivity index (χ4n) is 4.18. The van der Waals surface area contributed by atoms with Gasteiger partial charge in [-0.2, -0.15) is 12.1 Å². The number of hydrogen-bond donors (Lipinski definition) is 0. The van der Waals surface area contributed by atoms with Crippen LogP contribution >= 0.6 is 0 Å². The zero-order valence-electron chi connectivity index (χ0n) is 20.3. The molecule has 0 saturated heterocycles. The zero-order valence-corrected chi connectivity index (χ0v) is 22.4. The first-order valence-corrected chi connectivity index (χ1v) is 14.6. The summed E-state index contributed by atoms with van der Waals surface area (Å²) < 4.78 is 6.52. The number of rotatable bonds is 9. The molecule has 0 spiro atoms. The van der Waals surface area contributed by atoms with Crippen LogP contribution in [-0.4, -0.2) is 14.5 Å². The average Bonchev–Trinajstić information content (AvgIpc) is 3.64. The fraction of sp³-hybridized carbons (Fsp3) is 0.0938. The average molecular weight is 530 g/mol. The van der Waals surface area contributed by atoms with E-state index < -0.39 is 8.32 Å². The quantitative estimate of drug-likeness (QED) is 0.0841. The molecule has 5 aromatic rings. The minimum atomic E-state index is -2.35. The van der Waals surface area contributed by atoms with Crippen LogP contribution in [0.2, 0.25) is 0 Å². The van der Waals surface area contributed by atoms with Crippen molar-refractivity contribution >= 4 is 14.5 Å². The van der Waals surface area contributed by atoms with E-state index in [4.69, 9.17) is 4.53 Å². The summed E-state index contributed by atoms with van der Waals surface area (Å²) in [6, 6.07) is 52.9. The first-order valence-electron chi connectivity index (χ1n) is 12.0. The van der Waals surface area contributed by atoms with E-state index in [-0.39, 0.29) is 17.1 Å². The molecule has 0 heterocycles. The smallest absolute Gasteiger partial charge is 0.300 e. The number of hydrogen-bond acceptors (Lipinski definition) is 2. The van der Waals surface area contributed by atoms with E-state index in [9.17, 15) is 0 Å². The Bertz CT molecular complexity index is 1100. The Labute approximate surface area is 226 Å². The molecule has 5 aromatic carbocycles. The van der Waals surface area contributed by atoms with Crippen molar-refractivity contribution in [2.24, 2.45) is 5.16 Å². The van der Waals surface area contributed by atoms with Crippen molar-refractivity contribution in [1.29, 1.82) is 0 Å². The van der Waals surface area contributed by atoms with E-state index in [1.165, 1.54) is 16.7 Å². The predicted molar refractivity (Wildman–Crippen MR) is 149 cm³/mol. The summed E-state index contributed by atoms with van der Waals surface area (Å²) >= 11 is 0. The third-order valence-corrected chi connectivity index (χ3v) is 9.45. The number of oxime groups is 1. The van der Waals surface area contributed by atoms with Gasteiger partial charge in [0.25, 0.3) is 8.32 Å². The molecule has 0 atom stereocenters. The van der Waals surface area contributed by atoms with Crippen LogP contribution in [0.25, 0.3) is 0 Å². The second-order valence-electron chi connectivity index (χ2n) is 8.68. The molecule has 0 bridgehead atoms. The summed E-state index contributed by atoms with van der Waals surface area (Å²) in [6.07, 6.45) is 1.84. The van der Waals surface area contributed by atoms with Crippen molar-refractivity contribution in [3.63, 3.8) is 0 Å². The molecule has 0 fully saturated rings. The van der Waals surface area contributed by atoms with Crippen molar-refractivity contribution in [1.82, 2.24) is 0 Å². The van der Waals surface area contributed by atoms with Crippen LogP contribution in [-0.2, 0) is 39.7 Å². The summed E-state index contributed by atoms with van der Waals surface area (Å²) in [4.78, 5) is 0. The van der Waals surface area contributed by atoms with Crippen molar-refractivity contribution in [3.8, 4) is 0 Å². The van der Waals surface area contributed by atoms with Gasteiger partial charge in [-0.25, -0.2) is 12.1 Å². The van der Waals surface area contributed by atoms with E-state index >= 15 is 0 Å². The summed E-state index contributed by atoms with van der Waals surface area (Å²) in [7, 11) is -2.35. The van der Waals surface area contributed by atoms with Gasteiger partial charge in [0.15, 0.2) is 0 Å². The maximum Gasteiger partial charge on any atom is 0.300 e. The number of benzene rings is 3. The van der Waals surface area contributed by atoms with Crippen molar-refractivity contribution in [2.45, 2.75) is 18.1 Å². The van der Waals surface area contributed by atoms with Crippen molar-refractivity contribution in [2.75, 3.05) is 0 Å². The standard InChI is InChI=1S/C27H26NOSi.C5H5.Fe/c1-4-14-25(15-5-1)21-30(22-26-16-6-2-7-17-26,23-27-18-8-3-9-19-27)29-28-20-24-12-10-11-13-24;1-2-4-5-3-1;/h1-20H,21-23H2;1-5H;/q-1;-5;. The molecule has 36 heavy (non-hydrogen) atoms. The van der Waals surface area contributed by atoms with Gasteiger partial charge >= 0.3 is 0 Å². The third-order valence-electron chi connectivity index (χ3n) is 5.80. The third kappa shape index (κ3) is 8.97. The monoisotopic (exact) mass is 529 g/mol. The van der Waals surface area contributed by atoms with Gasteiger partial charge in [0.2, 0.25) is 0 Å². The van der Waals surface area contributed by atoms with Gasteiger partial charge in [-0.15, -0.1) is 10.7 Å². The topological polar surface area (TPSA) is 21.6 Å². The zero-order chi connectivity index (χ0) is 24.0. The Hall–Kier alpha value is -3.43. The summed E-state index contributed by atoms with van der Waals surface area (Å²) in [5.74, 6) is 0. The summed E-state index contributed by atoms with van der Waals surface area (Å²) in [5.41, 5.74) is 4.98. The molecule has 0 aliphatic carbocycles. The van der Waals surface area contributed by atoms with E-state index in [1.807, 2.05) is 60.8 Å². The molecule has 0 aliphatic heterocycles. The molecule has 0 radical (unpaired) electrons. The van der Waals surface area contributed by atoms with Gasteiger partial charge in [-0.05, 0) is 16.7 Å². The Kier molecular flexibility index (Phi) is 11.2. The Morgan fingerprint density at radius 3 is 1.31 bits per heavy atom. The summed E-state index contributed by atoms with van der Waals surface area (Å²) in [5, 5.41) is 4.51. The molecule has 0 amide bonds. The van der Waals surface area contributed by atoms with Crippen LogP contribution in [0.15, 0.2) is 151 Å². The van der Waals surface area contributed by atoms with Gasteiger partial charge in [0.05, 0.1) is 0 Å². The van der Waals surface area contributed by atoms with Gasteiger partial charge in [-0.3, -0.25) is 0 Å². The van der Waals surface area contributed by atoms with Crippen molar-refractivity contribution < 1.29 is 21.6 Å². The minimum absolute atomic E-state index is 0. The maximum absolute atomic E-state index is 6.52. The molecule has 2 nitrogen and oxygen atoms in total. The van der Waals surface area contributed by atoms with Crippen molar-refractivity contribution in [3.05, 3.63) is 168 Å². The maximum atomic E-state index is 6.52. The first-order chi connectivity index (χ1) is 17.3. The SMILES string of the molecule is C(=NO[Si](Cc1ccccc1)(Cc1ccccc1)Cc1ccccc1)[c-]1cccc1.[Fe].[cH-]1[cH-][cH-][cH-][cH-]1. The Morgan fingerprint density at radius 2 is 0.944 bits per heavy atom. The summed E-state index contributed by atoms with van der Waals surface area (Å²) in [6.45, 7) is 0. The molecule has 4 heteroatoms. The molecular weight excluding hydrogens is 498 g/mol. The van der Waals surface area contributed by atoms with Crippen LogP contribution in [0.4, 0.5) is 0 Å². The van der Waals surface area contributed by atoms with E-state index in [0.29, 0.717) is 0 Å². The molecular formula is C32H31FeNOSi-6. The van der Waals surface area contributed by atoms with Crippen LogP contribution < -0.4 is 0 Å². The normalized spacial score (nSPS) is 10.8. The van der Waals surface area contributed by atoms with E-state index in [0.717, 1.165) is 23.7 Å². The van der Waals surface area contributed by atoms with Gasteiger partial charge in [0.1, 0.15) is 0 Å². The molecule has 0 unspecified atom stereocenters. The van der Waals surface area contributed by atoms with Crippen LogP contribution in [0.1, 0.15) is 22.3 Å². The second-order valence-corrected chi connectivity index (χ2v) is 12.3. The Morgan fingerprint density at radius 1 is 0.583 bits per heavy atom. The van der Waals surface area contributed by atoms with Gasteiger partial charge in [0, 0.05) is 41.4 Å². The molecule has 0 N–H and O–H groups in total. The first kappa shape index (κ1) is 27.2. The molecule has 188 valence electrons. The molecule has 0 aliphatic rings. The second kappa shape index (κ2) is 14.8. The minimum Gasteiger partial charge on any atom is -0.748 e. The van der Waals surface area contributed by atoms with E-state index in [2.05, 4.69) is 96.2 Å². The molecule has 5 rings (SSSR count). The number of nitrogens with zero attached hydrogens (tertiary/aromatic N) is 1. The van der Waals surface area contributed by atoms with Crippen LogP contribution in [0.5, 0.6) is 0 Å². The van der Waals surface area contributed by atoms with E-state index in [1.54, 1.807) is 0 Å². The Balaban J connectivity index is 0.000000538. The fourth-order valence-corrected chi connectivity index (χ4v) is 7.97.